The topological polar surface area (TPSA) is 79.9 Å². The maximum atomic E-state index is 12.0. The van der Waals surface area contributed by atoms with Gasteiger partial charge in [-0.05, 0) is 25.2 Å². The van der Waals surface area contributed by atoms with Crippen LogP contribution in [-0.2, 0) is 9.53 Å². The van der Waals surface area contributed by atoms with Gasteiger partial charge in [0.1, 0.15) is 12.4 Å². The van der Waals surface area contributed by atoms with E-state index in [1.807, 2.05) is 0 Å². The second-order valence-electron chi connectivity index (χ2n) is 5.34. The first-order chi connectivity index (χ1) is 8.74. The van der Waals surface area contributed by atoms with Crippen molar-refractivity contribution in [2.45, 2.75) is 38.3 Å². The molecule has 1 aromatic heterocycles. The van der Waals surface area contributed by atoms with Gasteiger partial charge in [-0.3, -0.25) is 9.89 Å². The summed E-state index contributed by atoms with van der Waals surface area (Å²) in [5.41, 5.74) is 0. The fourth-order valence-corrected chi connectivity index (χ4v) is 2.78. The normalized spacial score (nSPS) is 35.2. The van der Waals surface area contributed by atoms with Gasteiger partial charge in [-0.25, -0.2) is 4.98 Å². The highest BCUT2D eigenvalue weighted by Gasteiger charge is 2.37. The van der Waals surface area contributed by atoms with E-state index in [1.54, 1.807) is 0 Å². The van der Waals surface area contributed by atoms with Crippen molar-refractivity contribution in [2.24, 2.45) is 11.8 Å². The number of carbonyl (C=O) groups excluding carboxylic acids is 1. The third-order valence-corrected chi connectivity index (χ3v) is 3.87. The summed E-state index contributed by atoms with van der Waals surface area (Å²) in [6, 6.07) is 0.0151. The smallest absolute Gasteiger partial charge is 0.223 e. The fraction of sp³-hybridized carbons (Fsp3) is 0.750. The van der Waals surface area contributed by atoms with Crippen LogP contribution in [0.3, 0.4) is 0 Å². The minimum Gasteiger partial charge on any atom is -0.368 e. The van der Waals surface area contributed by atoms with E-state index in [0.717, 1.165) is 19.3 Å². The Bertz CT molecular complexity index is 414. The molecule has 2 atom stereocenters. The van der Waals surface area contributed by atoms with E-state index in [1.165, 1.54) is 6.33 Å². The van der Waals surface area contributed by atoms with Gasteiger partial charge in [-0.15, -0.1) is 0 Å². The van der Waals surface area contributed by atoms with Crippen molar-refractivity contribution in [3.8, 4) is 0 Å². The van der Waals surface area contributed by atoms with Crippen LogP contribution in [0.2, 0.25) is 0 Å². The van der Waals surface area contributed by atoms with Gasteiger partial charge in [0.05, 0.1) is 6.04 Å². The van der Waals surface area contributed by atoms with E-state index in [2.05, 4.69) is 27.4 Å². The molecule has 6 heteroatoms. The number of nitrogens with one attached hydrogen (secondary N) is 2. The summed E-state index contributed by atoms with van der Waals surface area (Å²) >= 11 is 0. The fourth-order valence-electron chi connectivity index (χ4n) is 2.78. The zero-order valence-corrected chi connectivity index (χ0v) is 10.4. The Morgan fingerprint density at radius 1 is 1.56 bits per heavy atom. The van der Waals surface area contributed by atoms with E-state index >= 15 is 0 Å². The van der Waals surface area contributed by atoms with E-state index in [-0.39, 0.29) is 24.0 Å². The standard InChI is InChI=1S/C12H18N4O2/c1-7-4-8(5-7)12(17)15-9-2-3-18-10(9)11-13-6-14-16-11/h6-10H,2-5H2,1H3,(H,15,17)(H,13,14,16)/t7?,8?,9-,10+/m0/s1. The second-order valence-corrected chi connectivity index (χ2v) is 5.34. The zero-order chi connectivity index (χ0) is 12.5. The lowest BCUT2D eigenvalue weighted by molar-refractivity contribution is -0.130. The van der Waals surface area contributed by atoms with Gasteiger partial charge >= 0.3 is 0 Å². The first-order valence-electron chi connectivity index (χ1n) is 6.51. The molecule has 2 N–H and O–H groups in total. The summed E-state index contributed by atoms with van der Waals surface area (Å²) in [5.74, 6) is 1.73. The molecule has 6 nitrogen and oxygen atoms in total. The molecule has 0 aromatic carbocycles. The van der Waals surface area contributed by atoms with Crippen molar-refractivity contribution < 1.29 is 9.53 Å². The molecule has 1 aliphatic heterocycles. The summed E-state index contributed by atoms with van der Waals surface area (Å²) in [6.07, 6.45) is 4.12. The van der Waals surface area contributed by atoms with Gasteiger partial charge in [0.2, 0.25) is 5.91 Å². The Hall–Kier alpha value is -1.43. The van der Waals surface area contributed by atoms with Gasteiger partial charge < -0.3 is 10.1 Å². The van der Waals surface area contributed by atoms with Crippen LogP contribution in [0.1, 0.15) is 38.1 Å². The molecular formula is C12H18N4O2. The lowest BCUT2D eigenvalue weighted by Crippen LogP contribution is -2.44. The van der Waals surface area contributed by atoms with E-state index < -0.39 is 0 Å². The predicted octanol–water partition coefficient (Wildman–Crippen LogP) is 0.797. The zero-order valence-electron chi connectivity index (χ0n) is 10.4. The van der Waals surface area contributed by atoms with Crippen molar-refractivity contribution in [1.29, 1.82) is 0 Å². The van der Waals surface area contributed by atoms with Crippen molar-refractivity contribution in [1.82, 2.24) is 20.5 Å². The van der Waals surface area contributed by atoms with Crippen LogP contribution < -0.4 is 5.32 Å². The number of hydrogen-bond donors (Lipinski definition) is 2. The van der Waals surface area contributed by atoms with Gasteiger partial charge in [0.25, 0.3) is 0 Å². The van der Waals surface area contributed by atoms with Gasteiger partial charge in [-0.1, -0.05) is 6.92 Å². The number of carbonyl (C=O) groups is 1. The lowest BCUT2D eigenvalue weighted by Gasteiger charge is -2.32. The highest BCUT2D eigenvalue weighted by Crippen LogP contribution is 2.34. The predicted molar refractivity (Wildman–Crippen MR) is 63.5 cm³/mol. The summed E-state index contributed by atoms with van der Waals surface area (Å²) in [4.78, 5) is 16.1. The van der Waals surface area contributed by atoms with Gasteiger partial charge in [0.15, 0.2) is 5.82 Å². The summed E-state index contributed by atoms with van der Waals surface area (Å²) < 4.78 is 5.61. The first-order valence-corrected chi connectivity index (χ1v) is 6.51. The lowest BCUT2D eigenvalue weighted by atomic mass is 9.75. The maximum Gasteiger partial charge on any atom is 0.223 e. The Morgan fingerprint density at radius 3 is 3.06 bits per heavy atom. The average molecular weight is 250 g/mol. The molecule has 1 saturated heterocycles. The Kier molecular flexibility index (Phi) is 3.03. The highest BCUT2D eigenvalue weighted by molar-refractivity contribution is 5.79. The van der Waals surface area contributed by atoms with Crippen LogP contribution in [0, 0.1) is 11.8 Å². The number of amides is 1. The first kappa shape index (κ1) is 11.6. The minimum absolute atomic E-state index is 0.0151. The molecule has 3 rings (SSSR count). The van der Waals surface area contributed by atoms with Crippen LogP contribution in [0.25, 0.3) is 0 Å². The SMILES string of the molecule is CC1CC(C(=O)N[C@H]2CCO[C@H]2c2ncn[nH]2)C1. The molecule has 1 amide bonds. The number of hydrogen-bond acceptors (Lipinski definition) is 4. The summed E-state index contributed by atoms with van der Waals surface area (Å²) in [7, 11) is 0. The molecule has 1 aromatic rings. The van der Waals surface area contributed by atoms with E-state index in [9.17, 15) is 4.79 Å². The number of aromatic nitrogens is 3. The Morgan fingerprint density at radius 2 is 2.39 bits per heavy atom. The van der Waals surface area contributed by atoms with Crippen molar-refractivity contribution >= 4 is 5.91 Å². The number of aromatic amines is 1. The van der Waals surface area contributed by atoms with Crippen molar-refractivity contribution in [3.05, 3.63) is 12.2 Å². The van der Waals surface area contributed by atoms with Crippen LogP contribution in [0.4, 0.5) is 0 Å². The second kappa shape index (κ2) is 4.68. The third kappa shape index (κ3) is 2.12. The molecule has 2 fully saturated rings. The quantitative estimate of drug-likeness (QED) is 0.831. The summed E-state index contributed by atoms with van der Waals surface area (Å²) in [6.45, 7) is 2.83. The molecular weight excluding hydrogens is 232 g/mol. The molecule has 0 radical (unpaired) electrons. The molecule has 2 heterocycles. The number of rotatable bonds is 3. The van der Waals surface area contributed by atoms with E-state index in [4.69, 9.17) is 4.74 Å². The average Bonchev–Trinajstić information content (AvgIpc) is 2.93. The van der Waals surface area contributed by atoms with E-state index in [0.29, 0.717) is 18.3 Å². The molecule has 1 saturated carbocycles. The molecule has 18 heavy (non-hydrogen) atoms. The third-order valence-electron chi connectivity index (χ3n) is 3.87. The number of ether oxygens (including phenoxy) is 1. The number of H-pyrrole nitrogens is 1. The molecule has 1 aliphatic carbocycles. The van der Waals surface area contributed by atoms with Crippen molar-refractivity contribution in [3.63, 3.8) is 0 Å². The molecule has 0 bridgehead atoms. The monoisotopic (exact) mass is 250 g/mol. The maximum absolute atomic E-state index is 12.0. The van der Waals surface area contributed by atoms with Gasteiger partial charge in [0, 0.05) is 12.5 Å². The highest BCUT2D eigenvalue weighted by atomic mass is 16.5. The molecule has 2 aliphatic rings. The van der Waals surface area contributed by atoms with Crippen molar-refractivity contribution in [2.75, 3.05) is 6.61 Å². The van der Waals surface area contributed by atoms with Crippen LogP contribution in [0.15, 0.2) is 6.33 Å². The molecule has 98 valence electrons. The van der Waals surface area contributed by atoms with Gasteiger partial charge in [-0.2, -0.15) is 5.10 Å². The van der Waals surface area contributed by atoms with Crippen LogP contribution in [0.5, 0.6) is 0 Å². The Labute approximate surface area is 106 Å². The van der Waals surface area contributed by atoms with Crippen LogP contribution in [-0.4, -0.2) is 33.7 Å². The summed E-state index contributed by atoms with van der Waals surface area (Å²) in [5, 5.41) is 9.72. The molecule has 0 unspecified atom stereocenters. The largest absolute Gasteiger partial charge is 0.368 e. The Balaban J connectivity index is 1.60. The number of nitrogens with zero attached hydrogens (tertiary/aromatic N) is 2. The van der Waals surface area contributed by atoms with Crippen LogP contribution >= 0.6 is 0 Å². The minimum atomic E-state index is -0.186. The molecule has 0 spiro atoms.